The molecule has 0 unspecified atom stereocenters. The Balaban J connectivity index is 0.00000529. The molecule has 0 bridgehead atoms. The number of carbonyl (C=O) groups excluding carboxylic acids is 1. The molecule has 0 radical (unpaired) electrons. The van der Waals surface area contributed by atoms with Crippen molar-refractivity contribution in [3.05, 3.63) is 12.2 Å². The van der Waals surface area contributed by atoms with Crippen molar-refractivity contribution in [2.45, 2.75) is 116 Å². The Bertz CT molecular complexity index is 311. The molecular formula is C21H39NaO2. The third-order valence-corrected chi connectivity index (χ3v) is 4.47. The van der Waals surface area contributed by atoms with Gasteiger partial charge in [-0.15, -0.1) is 0 Å². The first-order chi connectivity index (χ1) is 11.3. The first kappa shape index (κ1) is 24.2. The summed E-state index contributed by atoms with van der Waals surface area (Å²) < 4.78 is 5.23. The fourth-order valence-corrected chi connectivity index (χ4v) is 2.77. The van der Waals surface area contributed by atoms with Crippen molar-refractivity contribution in [3.63, 3.8) is 0 Å². The fraction of sp³-hybridized carbons (Fsp3) is 0.857. The molecule has 1 fully saturated rings. The average molecular weight is 347 g/mol. The molecule has 1 aliphatic rings. The van der Waals surface area contributed by atoms with Crippen LogP contribution in [-0.2, 0) is 9.53 Å². The third-order valence-electron chi connectivity index (χ3n) is 4.47. The Morgan fingerprint density at radius 2 is 1.33 bits per heavy atom. The van der Waals surface area contributed by atoms with Crippen LogP contribution < -0.4 is 0 Å². The van der Waals surface area contributed by atoms with Crippen molar-refractivity contribution < 1.29 is 9.53 Å². The Labute approximate surface area is 172 Å². The van der Waals surface area contributed by atoms with E-state index in [1.807, 2.05) is 0 Å². The Morgan fingerprint density at radius 1 is 0.833 bits per heavy atom. The van der Waals surface area contributed by atoms with Gasteiger partial charge < -0.3 is 4.74 Å². The number of hydrogen-bond acceptors (Lipinski definition) is 2. The number of ether oxygens (including phenoxy) is 1. The first-order valence-corrected chi connectivity index (χ1v) is 10.2. The summed E-state index contributed by atoms with van der Waals surface area (Å²) in [6, 6.07) is 0. The summed E-state index contributed by atoms with van der Waals surface area (Å²) in [5, 5.41) is 0. The van der Waals surface area contributed by atoms with Gasteiger partial charge in [0, 0.05) is 6.42 Å². The van der Waals surface area contributed by atoms with E-state index in [0.29, 0.717) is 6.42 Å². The molecule has 0 N–H and O–H groups in total. The average Bonchev–Trinajstić information content (AvgIpc) is 3.35. The van der Waals surface area contributed by atoms with Gasteiger partial charge in [-0.1, -0.05) is 70.4 Å². The predicted octanol–water partition coefficient (Wildman–Crippen LogP) is 6.08. The van der Waals surface area contributed by atoms with Crippen LogP contribution in [0.4, 0.5) is 0 Å². The molecule has 0 saturated heterocycles. The van der Waals surface area contributed by atoms with Crippen LogP contribution in [0.15, 0.2) is 12.2 Å². The van der Waals surface area contributed by atoms with Gasteiger partial charge in [0.15, 0.2) is 0 Å². The second kappa shape index (κ2) is 18.0. The third kappa shape index (κ3) is 17.0. The standard InChI is InChI=1S/C21H38O2.Na.H/c1-2-3-4-5-6-7-8-9-10-11-12-13-14-15-16-17-21(22)23-20-18-19-20;;/h9-10,20H,2-8,11-19H2,1H3;;/b10-9-;;. The molecule has 136 valence electrons. The zero-order valence-electron chi connectivity index (χ0n) is 15.4. The van der Waals surface area contributed by atoms with Gasteiger partial charge in [0.25, 0.3) is 0 Å². The normalized spacial score (nSPS) is 13.9. The Kier molecular flexibility index (Phi) is 18.2. The summed E-state index contributed by atoms with van der Waals surface area (Å²) >= 11 is 0. The molecule has 0 spiro atoms. The van der Waals surface area contributed by atoms with Crippen molar-refractivity contribution in [1.82, 2.24) is 0 Å². The second-order valence-electron chi connectivity index (χ2n) is 7.02. The predicted molar refractivity (Wildman–Crippen MR) is 106 cm³/mol. The summed E-state index contributed by atoms with van der Waals surface area (Å²) in [6.45, 7) is 2.27. The van der Waals surface area contributed by atoms with E-state index in [2.05, 4.69) is 19.1 Å². The molecule has 1 saturated carbocycles. The minimum atomic E-state index is 0. The van der Waals surface area contributed by atoms with Crippen LogP contribution in [0.5, 0.6) is 0 Å². The van der Waals surface area contributed by atoms with Crippen LogP contribution in [0.25, 0.3) is 0 Å². The molecule has 24 heavy (non-hydrogen) atoms. The van der Waals surface area contributed by atoms with Gasteiger partial charge >= 0.3 is 35.5 Å². The van der Waals surface area contributed by atoms with Gasteiger partial charge in [0.05, 0.1) is 0 Å². The molecular weight excluding hydrogens is 307 g/mol. The van der Waals surface area contributed by atoms with Crippen molar-refractivity contribution in [3.8, 4) is 0 Å². The summed E-state index contributed by atoms with van der Waals surface area (Å²) in [7, 11) is 0. The van der Waals surface area contributed by atoms with E-state index < -0.39 is 0 Å². The van der Waals surface area contributed by atoms with Crippen LogP contribution in [-0.4, -0.2) is 41.6 Å². The second-order valence-corrected chi connectivity index (χ2v) is 7.02. The molecule has 0 aromatic heterocycles. The summed E-state index contributed by atoms with van der Waals surface area (Å²) in [5.41, 5.74) is 0. The van der Waals surface area contributed by atoms with E-state index in [4.69, 9.17) is 4.74 Å². The summed E-state index contributed by atoms with van der Waals surface area (Å²) in [4.78, 5) is 11.4. The van der Waals surface area contributed by atoms with E-state index >= 15 is 0 Å². The molecule has 1 rings (SSSR count). The monoisotopic (exact) mass is 346 g/mol. The molecule has 3 heteroatoms. The van der Waals surface area contributed by atoms with Gasteiger partial charge in [-0.3, -0.25) is 4.79 Å². The number of hydrogen-bond donors (Lipinski definition) is 0. The number of esters is 1. The molecule has 0 atom stereocenters. The molecule has 0 aromatic rings. The van der Waals surface area contributed by atoms with Crippen LogP contribution in [0.2, 0.25) is 0 Å². The van der Waals surface area contributed by atoms with Crippen molar-refractivity contribution in [2.75, 3.05) is 0 Å². The maximum absolute atomic E-state index is 11.4. The molecule has 0 aromatic carbocycles. The summed E-state index contributed by atoms with van der Waals surface area (Å²) in [6.07, 6.45) is 24.6. The number of carbonyl (C=O) groups is 1. The van der Waals surface area contributed by atoms with Gasteiger partial charge in [-0.05, 0) is 44.9 Å². The van der Waals surface area contributed by atoms with Gasteiger partial charge in [-0.2, -0.15) is 0 Å². The van der Waals surface area contributed by atoms with E-state index in [-0.39, 0.29) is 41.6 Å². The van der Waals surface area contributed by atoms with Crippen molar-refractivity contribution in [2.24, 2.45) is 0 Å². The topological polar surface area (TPSA) is 26.3 Å². The van der Waals surface area contributed by atoms with Gasteiger partial charge in [0.1, 0.15) is 6.10 Å². The maximum atomic E-state index is 11.4. The van der Waals surface area contributed by atoms with Crippen molar-refractivity contribution >= 4 is 35.5 Å². The fourth-order valence-electron chi connectivity index (χ4n) is 2.77. The van der Waals surface area contributed by atoms with E-state index in [1.54, 1.807) is 0 Å². The quantitative estimate of drug-likeness (QED) is 0.146. The molecule has 1 aliphatic carbocycles. The van der Waals surface area contributed by atoms with Crippen LogP contribution >= 0.6 is 0 Å². The SMILES string of the molecule is CCCCCCCC/C=C\CCCCCCCC(=O)OC1CC1.[NaH]. The van der Waals surface area contributed by atoms with E-state index in [9.17, 15) is 4.79 Å². The molecule has 0 heterocycles. The number of unbranched alkanes of at least 4 members (excludes halogenated alkanes) is 11. The molecule has 0 aliphatic heterocycles. The van der Waals surface area contributed by atoms with Crippen molar-refractivity contribution in [1.29, 1.82) is 0 Å². The Morgan fingerprint density at radius 3 is 1.88 bits per heavy atom. The summed E-state index contributed by atoms with van der Waals surface area (Å²) in [5.74, 6) is 0.0186. The zero-order chi connectivity index (χ0) is 16.6. The van der Waals surface area contributed by atoms with Crippen LogP contribution in [0.1, 0.15) is 110 Å². The first-order valence-electron chi connectivity index (χ1n) is 10.2. The Hall–Kier alpha value is 0.210. The zero-order valence-corrected chi connectivity index (χ0v) is 15.4. The van der Waals surface area contributed by atoms with E-state index in [1.165, 1.54) is 77.0 Å². The van der Waals surface area contributed by atoms with Gasteiger partial charge in [-0.25, -0.2) is 0 Å². The van der Waals surface area contributed by atoms with Gasteiger partial charge in [0.2, 0.25) is 0 Å². The number of rotatable bonds is 16. The molecule has 2 nitrogen and oxygen atoms in total. The van der Waals surface area contributed by atoms with E-state index in [0.717, 1.165) is 19.3 Å². The molecule has 0 amide bonds. The van der Waals surface area contributed by atoms with Crippen LogP contribution in [0, 0.1) is 0 Å². The minimum absolute atomic E-state index is 0. The van der Waals surface area contributed by atoms with Crippen LogP contribution in [0.3, 0.4) is 0 Å². The number of allylic oxidation sites excluding steroid dienone is 2.